The van der Waals surface area contributed by atoms with Gasteiger partial charge in [0, 0.05) is 4.90 Å². The van der Waals surface area contributed by atoms with Crippen LogP contribution < -0.4 is 5.32 Å². The van der Waals surface area contributed by atoms with Gasteiger partial charge in [0.1, 0.15) is 0 Å². The molecule has 0 bridgehead atoms. The summed E-state index contributed by atoms with van der Waals surface area (Å²) in [6, 6.07) is 7.77. The molecular formula is C9H13NOS. The molecule has 0 aromatic heterocycles. The van der Waals surface area contributed by atoms with E-state index >= 15 is 0 Å². The van der Waals surface area contributed by atoms with E-state index in [0.29, 0.717) is 0 Å². The van der Waals surface area contributed by atoms with Gasteiger partial charge in [0.25, 0.3) is 0 Å². The largest absolute Gasteiger partial charge is 0.394 e. The van der Waals surface area contributed by atoms with Crippen molar-refractivity contribution in [2.24, 2.45) is 0 Å². The SMILES string of the molecule is CNC(CO)c1cccc(S)c1. The van der Waals surface area contributed by atoms with Gasteiger partial charge in [-0.05, 0) is 24.7 Å². The third-order valence-corrected chi connectivity index (χ3v) is 2.08. The number of aliphatic hydroxyl groups excluding tert-OH is 1. The summed E-state index contributed by atoms with van der Waals surface area (Å²) in [7, 11) is 1.83. The van der Waals surface area contributed by atoms with Gasteiger partial charge in [-0.2, -0.15) is 0 Å². The van der Waals surface area contributed by atoms with Gasteiger partial charge in [-0.1, -0.05) is 12.1 Å². The van der Waals surface area contributed by atoms with E-state index in [1.54, 1.807) is 0 Å². The van der Waals surface area contributed by atoms with E-state index in [1.807, 2.05) is 31.3 Å². The van der Waals surface area contributed by atoms with Crippen molar-refractivity contribution in [3.8, 4) is 0 Å². The molecule has 66 valence electrons. The molecule has 0 amide bonds. The Bertz CT molecular complexity index is 248. The molecule has 1 aromatic rings. The van der Waals surface area contributed by atoms with E-state index in [1.165, 1.54) is 0 Å². The highest BCUT2D eigenvalue weighted by atomic mass is 32.1. The first-order valence-corrected chi connectivity index (χ1v) is 4.29. The van der Waals surface area contributed by atoms with Gasteiger partial charge in [0.05, 0.1) is 12.6 Å². The lowest BCUT2D eigenvalue weighted by Crippen LogP contribution is -2.19. The Hall–Kier alpha value is -0.510. The second-order valence-electron chi connectivity index (χ2n) is 2.62. The average Bonchev–Trinajstić information content (AvgIpc) is 2.07. The molecular weight excluding hydrogens is 170 g/mol. The molecule has 2 N–H and O–H groups in total. The van der Waals surface area contributed by atoms with Crippen molar-refractivity contribution in [1.29, 1.82) is 0 Å². The minimum absolute atomic E-state index is 0.0112. The van der Waals surface area contributed by atoms with E-state index in [4.69, 9.17) is 5.11 Å². The van der Waals surface area contributed by atoms with Crippen LogP contribution in [0.3, 0.4) is 0 Å². The number of hydrogen-bond acceptors (Lipinski definition) is 3. The number of aliphatic hydroxyl groups is 1. The molecule has 1 atom stereocenters. The first kappa shape index (κ1) is 9.58. The smallest absolute Gasteiger partial charge is 0.0626 e. The molecule has 1 rings (SSSR count). The molecule has 2 nitrogen and oxygen atoms in total. The average molecular weight is 183 g/mol. The third-order valence-electron chi connectivity index (χ3n) is 1.80. The molecule has 3 heteroatoms. The van der Waals surface area contributed by atoms with Gasteiger partial charge in [-0.3, -0.25) is 0 Å². The summed E-state index contributed by atoms with van der Waals surface area (Å²) in [4.78, 5) is 0.918. The van der Waals surface area contributed by atoms with E-state index in [9.17, 15) is 0 Å². The van der Waals surface area contributed by atoms with Crippen molar-refractivity contribution in [3.63, 3.8) is 0 Å². The molecule has 1 unspecified atom stereocenters. The summed E-state index contributed by atoms with van der Waals surface area (Å²) in [5.74, 6) is 0. The predicted octanol–water partition coefficient (Wildman–Crippen LogP) is 1.23. The molecule has 0 aliphatic rings. The first-order chi connectivity index (χ1) is 5.77. The van der Waals surface area contributed by atoms with Crippen LogP contribution in [0.1, 0.15) is 11.6 Å². The Labute approximate surface area is 78.0 Å². The summed E-state index contributed by atoms with van der Waals surface area (Å²) in [6.07, 6.45) is 0. The van der Waals surface area contributed by atoms with Crippen LogP contribution in [0.4, 0.5) is 0 Å². The first-order valence-electron chi connectivity index (χ1n) is 3.85. The summed E-state index contributed by atoms with van der Waals surface area (Å²) < 4.78 is 0. The minimum atomic E-state index is 0.0112. The molecule has 1 aromatic carbocycles. The Morgan fingerprint density at radius 1 is 1.58 bits per heavy atom. The van der Waals surface area contributed by atoms with Crippen molar-refractivity contribution < 1.29 is 5.11 Å². The number of likely N-dealkylation sites (N-methyl/N-ethyl adjacent to an activating group) is 1. The standard InChI is InChI=1S/C9H13NOS/c1-10-9(6-11)7-3-2-4-8(12)5-7/h2-5,9-12H,6H2,1H3. The van der Waals surface area contributed by atoms with Crippen molar-refractivity contribution >= 4 is 12.6 Å². The molecule has 0 saturated heterocycles. The van der Waals surface area contributed by atoms with E-state index in [-0.39, 0.29) is 12.6 Å². The van der Waals surface area contributed by atoms with Crippen molar-refractivity contribution in [2.75, 3.05) is 13.7 Å². The van der Waals surface area contributed by atoms with Crippen LogP contribution in [-0.4, -0.2) is 18.8 Å². The van der Waals surface area contributed by atoms with Crippen LogP contribution in [0, 0.1) is 0 Å². The fourth-order valence-corrected chi connectivity index (χ4v) is 1.34. The second kappa shape index (κ2) is 4.50. The van der Waals surface area contributed by atoms with Gasteiger partial charge in [0.2, 0.25) is 0 Å². The number of benzene rings is 1. The van der Waals surface area contributed by atoms with Gasteiger partial charge < -0.3 is 10.4 Å². The van der Waals surface area contributed by atoms with E-state index in [2.05, 4.69) is 17.9 Å². The lowest BCUT2D eigenvalue weighted by molar-refractivity contribution is 0.251. The highest BCUT2D eigenvalue weighted by molar-refractivity contribution is 7.80. The molecule has 0 radical (unpaired) electrons. The fraction of sp³-hybridized carbons (Fsp3) is 0.333. The Morgan fingerprint density at radius 2 is 2.33 bits per heavy atom. The summed E-state index contributed by atoms with van der Waals surface area (Å²) in [6.45, 7) is 0.105. The summed E-state index contributed by atoms with van der Waals surface area (Å²) in [5, 5.41) is 12.0. The van der Waals surface area contributed by atoms with Crippen LogP contribution in [0.25, 0.3) is 0 Å². The maximum absolute atomic E-state index is 8.98. The lowest BCUT2D eigenvalue weighted by Gasteiger charge is -2.13. The molecule has 12 heavy (non-hydrogen) atoms. The molecule has 0 fully saturated rings. The Morgan fingerprint density at radius 3 is 2.83 bits per heavy atom. The maximum atomic E-state index is 8.98. The highest BCUT2D eigenvalue weighted by Gasteiger charge is 2.06. The monoisotopic (exact) mass is 183 g/mol. The summed E-state index contributed by atoms with van der Waals surface area (Å²) in [5.41, 5.74) is 1.06. The van der Waals surface area contributed by atoms with Crippen LogP contribution in [0.5, 0.6) is 0 Å². The van der Waals surface area contributed by atoms with Crippen LogP contribution in [-0.2, 0) is 0 Å². The molecule has 0 saturated carbocycles. The minimum Gasteiger partial charge on any atom is -0.394 e. The lowest BCUT2D eigenvalue weighted by atomic mass is 10.1. The van der Waals surface area contributed by atoms with Gasteiger partial charge in [0.15, 0.2) is 0 Å². The van der Waals surface area contributed by atoms with Crippen LogP contribution in [0.2, 0.25) is 0 Å². The van der Waals surface area contributed by atoms with Crippen LogP contribution in [0.15, 0.2) is 29.2 Å². The quantitative estimate of drug-likeness (QED) is 0.616. The number of thiol groups is 1. The van der Waals surface area contributed by atoms with Gasteiger partial charge in [-0.25, -0.2) is 0 Å². The fourth-order valence-electron chi connectivity index (χ4n) is 1.10. The van der Waals surface area contributed by atoms with Crippen LogP contribution >= 0.6 is 12.6 Å². The van der Waals surface area contributed by atoms with E-state index in [0.717, 1.165) is 10.5 Å². The summed E-state index contributed by atoms with van der Waals surface area (Å²) >= 11 is 4.22. The normalized spacial score (nSPS) is 12.9. The molecule has 0 heterocycles. The Balaban J connectivity index is 2.85. The molecule has 0 spiro atoms. The van der Waals surface area contributed by atoms with Crippen molar-refractivity contribution in [2.45, 2.75) is 10.9 Å². The van der Waals surface area contributed by atoms with Gasteiger partial charge in [-0.15, -0.1) is 12.6 Å². The number of nitrogens with one attached hydrogen (secondary N) is 1. The Kier molecular flexibility index (Phi) is 3.59. The highest BCUT2D eigenvalue weighted by Crippen LogP contribution is 2.15. The number of hydrogen-bond donors (Lipinski definition) is 3. The second-order valence-corrected chi connectivity index (χ2v) is 3.14. The van der Waals surface area contributed by atoms with Crippen molar-refractivity contribution in [3.05, 3.63) is 29.8 Å². The zero-order valence-corrected chi connectivity index (χ0v) is 7.88. The maximum Gasteiger partial charge on any atom is 0.0626 e. The third kappa shape index (κ3) is 2.24. The van der Waals surface area contributed by atoms with Crippen molar-refractivity contribution in [1.82, 2.24) is 5.32 Å². The topological polar surface area (TPSA) is 32.3 Å². The zero-order valence-electron chi connectivity index (χ0n) is 6.99. The molecule has 0 aliphatic heterocycles. The van der Waals surface area contributed by atoms with E-state index < -0.39 is 0 Å². The molecule has 0 aliphatic carbocycles. The number of rotatable bonds is 3. The zero-order chi connectivity index (χ0) is 8.97. The predicted molar refractivity (Wildman–Crippen MR) is 52.6 cm³/mol. The van der Waals surface area contributed by atoms with Gasteiger partial charge >= 0.3 is 0 Å².